The van der Waals surface area contributed by atoms with Gasteiger partial charge in [-0.3, -0.25) is 0 Å². The lowest BCUT2D eigenvalue weighted by molar-refractivity contribution is 0.495. The zero-order chi connectivity index (χ0) is 15.7. The molecule has 1 heteroatoms. The fourth-order valence-electron chi connectivity index (χ4n) is 2.80. The van der Waals surface area contributed by atoms with Gasteiger partial charge in [0.1, 0.15) is 0 Å². The van der Waals surface area contributed by atoms with E-state index in [0.29, 0.717) is 6.04 Å². The molecule has 0 aliphatic carbocycles. The lowest BCUT2D eigenvalue weighted by atomic mass is 9.81. The van der Waals surface area contributed by atoms with Gasteiger partial charge in [0.15, 0.2) is 0 Å². The standard InChI is InChI=1S/C20H35N/c1-6-8-9-10-11-12-19(21-5)17-13-15-18(16-14-17)20(3,4)7-2/h13-16,19,21H,6-12H2,1-5H3. The summed E-state index contributed by atoms with van der Waals surface area (Å²) in [7, 11) is 2.08. The second-order valence-electron chi connectivity index (χ2n) is 6.90. The number of rotatable bonds is 10. The third-order valence-electron chi connectivity index (χ3n) is 4.92. The fraction of sp³-hybridized carbons (Fsp3) is 0.700. The maximum atomic E-state index is 3.48. The van der Waals surface area contributed by atoms with Gasteiger partial charge in [0.25, 0.3) is 0 Å². The summed E-state index contributed by atoms with van der Waals surface area (Å²) in [6.07, 6.45) is 9.21. The lowest BCUT2D eigenvalue weighted by Crippen LogP contribution is -2.18. The lowest BCUT2D eigenvalue weighted by Gasteiger charge is -2.24. The van der Waals surface area contributed by atoms with Crippen molar-refractivity contribution in [2.24, 2.45) is 0 Å². The van der Waals surface area contributed by atoms with Crippen molar-refractivity contribution in [3.05, 3.63) is 35.4 Å². The summed E-state index contributed by atoms with van der Waals surface area (Å²) in [5.41, 5.74) is 3.17. The van der Waals surface area contributed by atoms with E-state index in [9.17, 15) is 0 Å². The van der Waals surface area contributed by atoms with Crippen molar-refractivity contribution in [1.82, 2.24) is 5.32 Å². The van der Waals surface area contributed by atoms with Crippen molar-refractivity contribution in [2.75, 3.05) is 7.05 Å². The molecule has 1 aromatic rings. The quantitative estimate of drug-likeness (QED) is 0.521. The minimum atomic E-state index is 0.286. The second kappa shape index (κ2) is 9.25. The Hall–Kier alpha value is -0.820. The van der Waals surface area contributed by atoms with Crippen LogP contribution in [0.1, 0.15) is 89.8 Å². The van der Waals surface area contributed by atoms with E-state index in [2.05, 4.69) is 64.3 Å². The molecule has 0 aromatic heterocycles. The first-order valence-electron chi connectivity index (χ1n) is 8.82. The zero-order valence-corrected chi connectivity index (χ0v) is 14.8. The molecule has 1 atom stereocenters. The molecule has 0 bridgehead atoms. The van der Waals surface area contributed by atoms with Crippen LogP contribution in [0.3, 0.4) is 0 Å². The van der Waals surface area contributed by atoms with E-state index in [1.165, 1.54) is 56.1 Å². The van der Waals surface area contributed by atoms with Gasteiger partial charge in [-0.05, 0) is 36.4 Å². The van der Waals surface area contributed by atoms with E-state index in [0.717, 1.165) is 0 Å². The van der Waals surface area contributed by atoms with Crippen LogP contribution in [-0.2, 0) is 5.41 Å². The molecule has 1 nitrogen and oxygen atoms in total. The molecule has 0 radical (unpaired) electrons. The molecule has 0 spiro atoms. The Labute approximate surface area is 132 Å². The molecule has 1 N–H and O–H groups in total. The van der Waals surface area contributed by atoms with Gasteiger partial charge in [-0.2, -0.15) is 0 Å². The van der Waals surface area contributed by atoms with Crippen molar-refractivity contribution in [1.29, 1.82) is 0 Å². The van der Waals surface area contributed by atoms with Crippen molar-refractivity contribution < 1.29 is 0 Å². The molecule has 0 aliphatic heterocycles. The van der Waals surface area contributed by atoms with Crippen LogP contribution in [-0.4, -0.2) is 7.05 Å². The molecule has 120 valence electrons. The molecule has 0 aliphatic rings. The molecular formula is C20H35N. The summed E-state index contributed by atoms with van der Waals surface area (Å²) in [6, 6.07) is 9.78. The maximum Gasteiger partial charge on any atom is 0.0317 e. The summed E-state index contributed by atoms with van der Waals surface area (Å²) in [6.45, 7) is 9.19. The van der Waals surface area contributed by atoms with Crippen LogP contribution in [0.15, 0.2) is 24.3 Å². The van der Waals surface area contributed by atoms with Crippen molar-refractivity contribution >= 4 is 0 Å². The van der Waals surface area contributed by atoms with Crippen molar-refractivity contribution in [3.63, 3.8) is 0 Å². The van der Waals surface area contributed by atoms with Crippen LogP contribution in [0, 0.1) is 0 Å². The topological polar surface area (TPSA) is 12.0 Å². The van der Waals surface area contributed by atoms with E-state index in [1.54, 1.807) is 0 Å². The predicted molar refractivity (Wildman–Crippen MR) is 94.9 cm³/mol. The molecule has 1 rings (SSSR count). The molecule has 0 saturated heterocycles. The summed E-state index contributed by atoms with van der Waals surface area (Å²) in [4.78, 5) is 0. The van der Waals surface area contributed by atoms with E-state index >= 15 is 0 Å². The minimum Gasteiger partial charge on any atom is -0.313 e. The molecule has 0 fully saturated rings. The van der Waals surface area contributed by atoms with Crippen LogP contribution in [0.2, 0.25) is 0 Å². The van der Waals surface area contributed by atoms with E-state index in [1.807, 2.05) is 0 Å². The van der Waals surface area contributed by atoms with Gasteiger partial charge < -0.3 is 5.32 Å². The molecule has 21 heavy (non-hydrogen) atoms. The van der Waals surface area contributed by atoms with Crippen LogP contribution in [0.4, 0.5) is 0 Å². The Morgan fingerprint density at radius 2 is 1.57 bits per heavy atom. The van der Waals surface area contributed by atoms with E-state index < -0.39 is 0 Å². The molecule has 1 unspecified atom stereocenters. The smallest absolute Gasteiger partial charge is 0.0317 e. The summed E-state index contributed by atoms with van der Waals surface area (Å²) in [5, 5.41) is 3.48. The zero-order valence-electron chi connectivity index (χ0n) is 14.8. The Morgan fingerprint density at radius 3 is 2.10 bits per heavy atom. The van der Waals surface area contributed by atoms with Gasteiger partial charge in [0.05, 0.1) is 0 Å². The predicted octanol–water partition coefficient (Wildman–Crippen LogP) is 6.00. The first-order chi connectivity index (χ1) is 10.0. The number of benzene rings is 1. The Morgan fingerprint density at radius 1 is 0.952 bits per heavy atom. The highest BCUT2D eigenvalue weighted by molar-refractivity contribution is 5.29. The average Bonchev–Trinajstić information content (AvgIpc) is 2.51. The molecular weight excluding hydrogens is 254 g/mol. The fourth-order valence-corrected chi connectivity index (χ4v) is 2.80. The molecule has 1 aromatic carbocycles. The Balaban J connectivity index is 2.57. The Bertz CT molecular complexity index is 377. The second-order valence-corrected chi connectivity index (χ2v) is 6.90. The minimum absolute atomic E-state index is 0.286. The van der Waals surface area contributed by atoms with Gasteiger partial charge in [0, 0.05) is 6.04 Å². The van der Waals surface area contributed by atoms with Gasteiger partial charge in [-0.1, -0.05) is 84.1 Å². The van der Waals surface area contributed by atoms with Crippen molar-refractivity contribution in [3.8, 4) is 0 Å². The van der Waals surface area contributed by atoms with Crippen molar-refractivity contribution in [2.45, 2.75) is 84.1 Å². The molecule has 0 amide bonds. The number of hydrogen-bond donors (Lipinski definition) is 1. The van der Waals surface area contributed by atoms with E-state index in [4.69, 9.17) is 0 Å². The van der Waals surface area contributed by atoms with E-state index in [-0.39, 0.29) is 5.41 Å². The number of nitrogens with one attached hydrogen (secondary N) is 1. The normalized spacial score (nSPS) is 13.4. The van der Waals surface area contributed by atoms with Gasteiger partial charge in [-0.15, -0.1) is 0 Å². The monoisotopic (exact) mass is 289 g/mol. The van der Waals surface area contributed by atoms with Crippen LogP contribution < -0.4 is 5.32 Å². The van der Waals surface area contributed by atoms with Gasteiger partial charge >= 0.3 is 0 Å². The average molecular weight is 290 g/mol. The molecule has 0 saturated carbocycles. The highest BCUT2D eigenvalue weighted by Crippen LogP contribution is 2.28. The number of unbranched alkanes of at least 4 members (excludes halogenated alkanes) is 4. The first kappa shape index (κ1) is 18.2. The first-order valence-corrected chi connectivity index (χ1v) is 8.82. The largest absolute Gasteiger partial charge is 0.313 e. The highest BCUT2D eigenvalue weighted by atomic mass is 14.9. The SMILES string of the molecule is CCCCCCCC(NC)c1ccc(C(C)(C)CC)cc1. The highest BCUT2D eigenvalue weighted by Gasteiger charge is 2.18. The van der Waals surface area contributed by atoms with Crippen LogP contribution >= 0.6 is 0 Å². The Kier molecular flexibility index (Phi) is 8.03. The number of hydrogen-bond acceptors (Lipinski definition) is 1. The van der Waals surface area contributed by atoms with Crippen LogP contribution in [0.25, 0.3) is 0 Å². The summed E-state index contributed by atoms with van der Waals surface area (Å²) < 4.78 is 0. The third-order valence-corrected chi connectivity index (χ3v) is 4.92. The summed E-state index contributed by atoms with van der Waals surface area (Å²) in [5.74, 6) is 0. The van der Waals surface area contributed by atoms with Crippen LogP contribution in [0.5, 0.6) is 0 Å². The van der Waals surface area contributed by atoms with Gasteiger partial charge in [0.2, 0.25) is 0 Å². The van der Waals surface area contributed by atoms with Gasteiger partial charge in [-0.25, -0.2) is 0 Å². The summed E-state index contributed by atoms with van der Waals surface area (Å²) >= 11 is 0. The molecule has 0 heterocycles. The maximum absolute atomic E-state index is 3.48. The third kappa shape index (κ3) is 5.82.